The molecule has 1 unspecified atom stereocenters. The van der Waals surface area contributed by atoms with Crippen LogP contribution in [-0.2, 0) is 6.54 Å². The number of aliphatic hydroxyl groups is 1. The Bertz CT molecular complexity index is 409. The van der Waals surface area contributed by atoms with Crippen molar-refractivity contribution in [2.75, 3.05) is 13.7 Å². The highest BCUT2D eigenvalue weighted by Crippen LogP contribution is 2.27. The molecule has 0 bridgehead atoms. The van der Waals surface area contributed by atoms with Crippen LogP contribution in [0.3, 0.4) is 0 Å². The van der Waals surface area contributed by atoms with Crippen molar-refractivity contribution in [2.45, 2.75) is 25.9 Å². The monoisotopic (exact) mass is 254 g/mol. The molecule has 6 nitrogen and oxygen atoms in total. The van der Waals surface area contributed by atoms with Gasteiger partial charge in [0.1, 0.15) is 0 Å². The third kappa shape index (κ3) is 3.97. The first-order valence-electron chi connectivity index (χ1n) is 5.74. The van der Waals surface area contributed by atoms with Crippen LogP contribution in [0.2, 0.25) is 0 Å². The Morgan fingerprint density at radius 3 is 2.83 bits per heavy atom. The highest BCUT2D eigenvalue weighted by atomic mass is 16.6. The topological polar surface area (TPSA) is 84.6 Å². The molecule has 6 heteroatoms. The average Bonchev–Trinajstić information content (AvgIpc) is 2.36. The lowest BCUT2D eigenvalue weighted by atomic mass is 10.1. The lowest BCUT2D eigenvalue weighted by molar-refractivity contribution is -0.385. The molecule has 0 radical (unpaired) electrons. The number of aliphatic hydroxyl groups excluding tert-OH is 1. The number of benzene rings is 1. The Hall–Kier alpha value is -1.66. The molecular formula is C12H18N2O4. The van der Waals surface area contributed by atoms with E-state index in [4.69, 9.17) is 9.84 Å². The Morgan fingerprint density at radius 2 is 2.28 bits per heavy atom. The fraction of sp³-hybridized carbons (Fsp3) is 0.500. The lowest BCUT2D eigenvalue weighted by Crippen LogP contribution is -2.26. The number of hydrogen-bond acceptors (Lipinski definition) is 5. The van der Waals surface area contributed by atoms with Gasteiger partial charge >= 0.3 is 5.69 Å². The van der Waals surface area contributed by atoms with Gasteiger partial charge in [-0.3, -0.25) is 10.1 Å². The molecule has 100 valence electrons. The van der Waals surface area contributed by atoms with Crippen molar-refractivity contribution in [3.63, 3.8) is 0 Å². The Balaban J connectivity index is 2.73. The highest BCUT2D eigenvalue weighted by molar-refractivity contribution is 5.48. The van der Waals surface area contributed by atoms with Crippen LogP contribution in [0.25, 0.3) is 0 Å². The zero-order chi connectivity index (χ0) is 13.5. The van der Waals surface area contributed by atoms with E-state index in [0.29, 0.717) is 13.0 Å². The Morgan fingerprint density at radius 1 is 1.56 bits per heavy atom. The standard InChI is InChI=1S/C12H18N2O4/c1-9(5-6-15)13-8-10-3-4-12(18-2)11(7-10)14(16)17/h3-4,7,9,13,15H,5-6,8H2,1-2H3. The number of nitrogens with zero attached hydrogens (tertiary/aromatic N) is 1. The molecule has 0 aromatic heterocycles. The van der Waals surface area contributed by atoms with E-state index in [0.717, 1.165) is 5.56 Å². The summed E-state index contributed by atoms with van der Waals surface area (Å²) >= 11 is 0. The molecule has 2 N–H and O–H groups in total. The molecule has 0 aliphatic carbocycles. The van der Waals surface area contributed by atoms with Gasteiger partial charge in [0.05, 0.1) is 12.0 Å². The molecule has 0 saturated carbocycles. The minimum absolute atomic E-state index is 0.0355. The number of rotatable bonds is 7. The molecule has 1 aromatic rings. The second kappa shape index (κ2) is 6.93. The van der Waals surface area contributed by atoms with Crippen molar-refractivity contribution in [2.24, 2.45) is 0 Å². The van der Waals surface area contributed by atoms with Crippen LogP contribution in [-0.4, -0.2) is 29.8 Å². The van der Waals surface area contributed by atoms with E-state index in [1.165, 1.54) is 13.2 Å². The maximum absolute atomic E-state index is 10.8. The van der Waals surface area contributed by atoms with Crippen LogP contribution in [0.15, 0.2) is 18.2 Å². The van der Waals surface area contributed by atoms with Gasteiger partial charge < -0.3 is 15.2 Å². The highest BCUT2D eigenvalue weighted by Gasteiger charge is 2.15. The molecule has 1 aromatic carbocycles. The molecule has 0 amide bonds. The van der Waals surface area contributed by atoms with Gasteiger partial charge in [-0.05, 0) is 25.0 Å². The van der Waals surface area contributed by atoms with E-state index in [-0.39, 0.29) is 24.1 Å². The molecule has 1 rings (SSSR count). The summed E-state index contributed by atoms with van der Waals surface area (Å²) < 4.78 is 4.93. The second-order valence-electron chi connectivity index (χ2n) is 4.06. The van der Waals surface area contributed by atoms with Crippen molar-refractivity contribution in [3.8, 4) is 5.75 Å². The summed E-state index contributed by atoms with van der Waals surface area (Å²) in [4.78, 5) is 10.4. The molecule has 1 atom stereocenters. The maximum atomic E-state index is 10.8. The van der Waals surface area contributed by atoms with Crippen LogP contribution in [0.4, 0.5) is 5.69 Å². The van der Waals surface area contributed by atoms with Crippen molar-refractivity contribution < 1.29 is 14.8 Å². The lowest BCUT2D eigenvalue weighted by Gasteiger charge is -2.12. The van der Waals surface area contributed by atoms with Crippen LogP contribution in [0.1, 0.15) is 18.9 Å². The van der Waals surface area contributed by atoms with E-state index in [1.807, 2.05) is 6.92 Å². The quantitative estimate of drug-likeness (QED) is 0.568. The van der Waals surface area contributed by atoms with E-state index in [9.17, 15) is 10.1 Å². The van der Waals surface area contributed by atoms with Crippen molar-refractivity contribution in [1.29, 1.82) is 0 Å². The third-order valence-corrected chi connectivity index (χ3v) is 2.66. The van der Waals surface area contributed by atoms with E-state index >= 15 is 0 Å². The van der Waals surface area contributed by atoms with E-state index in [1.54, 1.807) is 12.1 Å². The van der Waals surface area contributed by atoms with Crippen molar-refractivity contribution in [3.05, 3.63) is 33.9 Å². The predicted molar refractivity (Wildman–Crippen MR) is 67.7 cm³/mol. The van der Waals surface area contributed by atoms with Crippen molar-refractivity contribution in [1.82, 2.24) is 5.32 Å². The second-order valence-corrected chi connectivity index (χ2v) is 4.06. The van der Waals surface area contributed by atoms with Gasteiger partial charge in [-0.25, -0.2) is 0 Å². The minimum atomic E-state index is -0.459. The first-order chi connectivity index (χ1) is 8.58. The van der Waals surface area contributed by atoms with Crippen LogP contribution in [0, 0.1) is 10.1 Å². The third-order valence-electron chi connectivity index (χ3n) is 2.66. The zero-order valence-electron chi connectivity index (χ0n) is 10.5. The van der Waals surface area contributed by atoms with Gasteiger partial charge in [0.2, 0.25) is 0 Å². The normalized spacial score (nSPS) is 12.2. The summed E-state index contributed by atoms with van der Waals surface area (Å²) in [5, 5.41) is 22.8. The van der Waals surface area contributed by atoms with Crippen LogP contribution in [0.5, 0.6) is 5.75 Å². The van der Waals surface area contributed by atoms with Crippen LogP contribution >= 0.6 is 0 Å². The molecular weight excluding hydrogens is 236 g/mol. The van der Waals surface area contributed by atoms with Gasteiger partial charge in [0.25, 0.3) is 0 Å². The SMILES string of the molecule is COc1ccc(CNC(C)CCO)cc1[N+](=O)[O-]. The predicted octanol–water partition coefficient (Wildman–Crippen LogP) is 1.46. The van der Waals surface area contributed by atoms with E-state index < -0.39 is 4.92 Å². The molecule has 0 spiro atoms. The molecule has 18 heavy (non-hydrogen) atoms. The van der Waals surface area contributed by atoms with Crippen molar-refractivity contribution >= 4 is 5.69 Å². The first kappa shape index (κ1) is 14.4. The van der Waals surface area contributed by atoms with Gasteiger partial charge in [-0.2, -0.15) is 0 Å². The summed E-state index contributed by atoms with van der Waals surface area (Å²) in [5.74, 6) is 0.257. The molecule has 0 saturated heterocycles. The van der Waals surface area contributed by atoms with Gasteiger partial charge in [-0.15, -0.1) is 0 Å². The number of nitro groups is 1. The van der Waals surface area contributed by atoms with E-state index in [2.05, 4.69) is 5.32 Å². The molecule has 0 fully saturated rings. The maximum Gasteiger partial charge on any atom is 0.311 e. The number of ether oxygens (including phenoxy) is 1. The Labute approximate surface area is 106 Å². The summed E-state index contributed by atoms with van der Waals surface area (Å²) in [6.07, 6.45) is 0.651. The minimum Gasteiger partial charge on any atom is -0.490 e. The summed E-state index contributed by atoms with van der Waals surface area (Å²) in [6.45, 7) is 2.59. The average molecular weight is 254 g/mol. The fourth-order valence-electron chi connectivity index (χ4n) is 1.58. The number of nitrogens with one attached hydrogen (secondary N) is 1. The van der Waals surface area contributed by atoms with Crippen LogP contribution < -0.4 is 10.1 Å². The van der Waals surface area contributed by atoms with Gasteiger partial charge in [0.15, 0.2) is 5.75 Å². The van der Waals surface area contributed by atoms with Gasteiger partial charge in [0, 0.05) is 25.3 Å². The summed E-state index contributed by atoms with van der Waals surface area (Å²) in [7, 11) is 1.41. The summed E-state index contributed by atoms with van der Waals surface area (Å²) in [6, 6.07) is 5.03. The smallest absolute Gasteiger partial charge is 0.311 e. The summed E-state index contributed by atoms with van der Waals surface area (Å²) in [5.41, 5.74) is 0.777. The zero-order valence-corrected chi connectivity index (χ0v) is 10.5. The fourth-order valence-corrected chi connectivity index (χ4v) is 1.58. The first-order valence-corrected chi connectivity index (χ1v) is 5.74. The Kier molecular flexibility index (Phi) is 5.54. The number of hydrogen-bond donors (Lipinski definition) is 2. The largest absolute Gasteiger partial charge is 0.490 e. The molecule has 0 aliphatic rings. The molecule has 0 heterocycles. The molecule has 0 aliphatic heterocycles. The number of methoxy groups -OCH3 is 1. The number of nitro benzene ring substituents is 1. The van der Waals surface area contributed by atoms with Gasteiger partial charge in [-0.1, -0.05) is 6.07 Å².